The fourth-order valence-corrected chi connectivity index (χ4v) is 3.07. The van der Waals surface area contributed by atoms with Crippen LogP contribution in [0.5, 0.6) is 0 Å². The van der Waals surface area contributed by atoms with Gasteiger partial charge in [-0.05, 0) is 21.5 Å². The normalized spacial score (nSPS) is 10.9. The van der Waals surface area contributed by atoms with Crippen molar-refractivity contribution in [3.8, 4) is 12.1 Å². The Hall–Kier alpha value is -3.10. The van der Waals surface area contributed by atoms with Crippen molar-refractivity contribution in [1.29, 1.82) is 10.5 Å². The average Bonchev–Trinajstić information content (AvgIpc) is 2.51. The Balaban J connectivity index is 2.52. The van der Waals surface area contributed by atoms with Gasteiger partial charge in [0.15, 0.2) is 0 Å². The van der Waals surface area contributed by atoms with Gasteiger partial charge in [0.05, 0.1) is 11.1 Å². The van der Waals surface area contributed by atoms with Crippen molar-refractivity contribution in [2.75, 3.05) is 0 Å². The van der Waals surface area contributed by atoms with E-state index in [4.69, 9.17) is 0 Å². The van der Waals surface area contributed by atoms with Gasteiger partial charge in [-0.2, -0.15) is 10.5 Å². The molecule has 90 valence electrons. The van der Waals surface area contributed by atoms with Crippen LogP contribution in [0.4, 0.5) is 0 Å². The summed E-state index contributed by atoms with van der Waals surface area (Å²) in [6.07, 6.45) is 0. The summed E-state index contributed by atoms with van der Waals surface area (Å²) in [6, 6.07) is 20.3. The molecule has 20 heavy (non-hydrogen) atoms. The average molecular weight is 252 g/mol. The van der Waals surface area contributed by atoms with Gasteiger partial charge in [0.2, 0.25) is 0 Å². The summed E-state index contributed by atoms with van der Waals surface area (Å²) in [5.74, 6) is 0. The molecule has 0 amide bonds. The van der Waals surface area contributed by atoms with E-state index in [9.17, 15) is 10.5 Å². The predicted molar refractivity (Wildman–Crippen MR) is 79.6 cm³/mol. The topological polar surface area (TPSA) is 47.6 Å². The summed E-state index contributed by atoms with van der Waals surface area (Å²) < 4.78 is 0. The maximum absolute atomic E-state index is 9.47. The van der Waals surface area contributed by atoms with E-state index in [2.05, 4.69) is 24.3 Å². The highest BCUT2D eigenvalue weighted by molar-refractivity contribution is 6.25. The lowest BCUT2D eigenvalue weighted by Gasteiger charge is -2.13. The number of benzene rings is 4. The summed E-state index contributed by atoms with van der Waals surface area (Å²) in [7, 11) is 0. The molecular formula is C18H8N2. The van der Waals surface area contributed by atoms with Crippen LogP contribution in [0.1, 0.15) is 11.1 Å². The molecular weight excluding hydrogens is 244 g/mol. The van der Waals surface area contributed by atoms with Gasteiger partial charge in [-0.25, -0.2) is 0 Å². The third-order valence-electron chi connectivity index (χ3n) is 3.90. The Morgan fingerprint density at radius 1 is 0.600 bits per heavy atom. The molecule has 0 fully saturated rings. The van der Waals surface area contributed by atoms with Crippen LogP contribution in [0.3, 0.4) is 0 Å². The van der Waals surface area contributed by atoms with Gasteiger partial charge in [0.1, 0.15) is 12.1 Å². The predicted octanol–water partition coefficient (Wildman–Crippen LogP) is 4.33. The van der Waals surface area contributed by atoms with Crippen LogP contribution in [0.25, 0.3) is 32.3 Å². The Bertz CT molecular complexity index is 975. The van der Waals surface area contributed by atoms with Crippen LogP contribution >= 0.6 is 0 Å². The summed E-state index contributed by atoms with van der Waals surface area (Å²) in [4.78, 5) is 0. The van der Waals surface area contributed by atoms with Crippen molar-refractivity contribution >= 4 is 32.3 Å². The number of hydrogen-bond donors (Lipinski definition) is 0. The highest BCUT2D eigenvalue weighted by Crippen LogP contribution is 2.38. The van der Waals surface area contributed by atoms with Crippen LogP contribution < -0.4 is 0 Å². The number of rotatable bonds is 0. The molecule has 0 saturated heterocycles. The quantitative estimate of drug-likeness (QED) is 0.437. The van der Waals surface area contributed by atoms with E-state index < -0.39 is 0 Å². The SMILES string of the molecule is N#Cc1c(C#N)c2cccc3ccc4cccc1c4c32. The molecule has 0 aliphatic carbocycles. The number of hydrogen-bond acceptors (Lipinski definition) is 2. The molecule has 2 heteroatoms. The molecule has 0 radical (unpaired) electrons. The lowest BCUT2D eigenvalue weighted by Crippen LogP contribution is -1.92. The summed E-state index contributed by atoms with van der Waals surface area (Å²) in [5, 5.41) is 25.0. The second-order valence-corrected chi connectivity index (χ2v) is 4.85. The van der Waals surface area contributed by atoms with E-state index in [1.807, 2.05) is 36.4 Å². The van der Waals surface area contributed by atoms with Gasteiger partial charge in [-0.1, -0.05) is 48.5 Å². The second kappa shape index (κ2) is 3.70. The first kappa shape index (κ1) is 10.8. The number of nitriles is 2. The largest absolute Gasteiger partial charge is 0.192 e. The molecule has 0 aromatic heterocycles. The summed E-state index contributed by atoms with van der Waals surface area (Å²) >= 11 is 0. The summed E-state index contributed by atoms with van der Waals surface area (Å²) in [6.45, 7) is 0. The fourth-order valence-electron chi connectivity index (χ4n) is 3.07. The van der Waals surface area contributed by atoms with Gasteiger partial charge >= 0.3 is 0 Å². The Labute approximate surface area is 115 Å². The van der Waals surface area contributed by atoms with E-state index in [0.29, 0.717) is 11.1 Å². The van der Waals surface area contributed by atoms with E-state index in [0.717, 1.165) is 32.3 Å². The van der Waals surface area contributed by atoms with E-state index in [-0.39, 0.29) is 0 Å². The van der Waals surface area contributed by atoms with E-state index >= 15 is 0 Å². The molecule has 0 spiro atoms. The highest BCUT2D eigenvalue weighted by Gasteiger charge is 2.16. The van der Waals surface area contributed by atoms with Gasteiger partial charge in [-0.3, -0.25) is 0 Å². The second-order valence-electron chi connectivity index (χ2n) is 4.85. The van der Waals surface area contributed by atoms with Crippen molar-refractivity contribution in [3.63, 3.8) is 0 Å². The zero-order valence-electron chi connectivity index (χ0n) is 10.5. The molecule has 2 nitrogen and oxygen atoms in total. The summed E-state index contributed by atoms with van der Waals surface area (Å²) in [5.41, 5.74) is 0.952. The Morgan fingerprint density at radius 3 is 1.45 bits per heavy atom. The maximum Gasteiger partial charge on any atom is 0.101 e. The van der Waals surface area contributed by atoms with Crippen LogP contribution in [0.2, 0.25) is 0 Å². The lowest BCUT2D eigenvalue weighted by molar-refractivity contribution is 1.47. The molecule has 0 unspecified atom stereocenters. The standard InChI is InChI=1S/C18H8N2/c19-9-15-13-5-1-3-11-7-8-12-4-2-6-14(16(15)10-20)18(12)17(11)13/h1-8H. The molecule has 4 aromatic carbocycles. The van der Waals surface area contributed by atoms with Crippen LogP contribution in [0.15, 0.2) is 48.5 Å². The van der Waals surface area contributed by atoms with Gasteiger partial charge < -0.3 is 0 Å². The first-order chi connectivity index (χ1) is 9.85. The minimum Gasteiger partial charge on any atom is -0.192 e. The van der Waals surface area contributed by atoms with Crippen LogP contribution in [-0.4, -0.2) is 0 Å². The number of nitrogens with zero attached hydrogens (tertiary/aromatic N) is 2. The Morgan fingerprint density at radius 2 is 1.05 bits per heavy atom. The minimum absolute atomic E-state index is 0.476. The molecule has 0 aliphatic rings. The molecule has 0 atom stereocenters. The lowest BCUT2D eigenvalue weighted by atomic mass is 9.88. The van der Waals surface area contributed by atoms with Crippen molar-refractivity contribution in [1.82, 2.24) is 0 Å². The molecule has 0 saturated carbocycles. The van der Waals surface area contributed by atoms with Crippen LogP contribution in [0, 0.1) is 22.7 Å². The van der Waals surface area contributed by atoms with Gasteiger partial charge in [0, 0.05) is 10.8 Å². The molecule has 0 N–H and O–H groups in total. The van der Waals surface area contributed by atoms with Crippen molar-refractivity contribution in [3.05, 3.63) is 59.7 Å². The first-order valence-electron chi connectivity index (χ1n) is 6.35. The molecule has 0 heterocycles. The zero-order valence-corrected chi connectivity index (χ0v) is 10.5. The molecule has 4 aromatic rings. The first-order valence-corrected chi connectivity index (χ1v) is 6.35. The van der Waals surface area contributed by atoms with Gasteiger partial charge in [0.25, 0.3) is 0 Å². The van der Waals surface area contributed by atoms with Crippen molar-refractivity contribution < 1.29 is 0 Å². The smallest absolute Gasteiger partial charge is 0.101 e. The molecule has 4 rings (SSSR count). The third kappa shape index (κ3) is 1.16. The van der Waals surface area contributed by atoms with Crippen molar-refractivity contribution in [2.45, 2.75) is 0 Å². The fraction of sp³-hybridized carbons (Fsp3) is 0. The molecule has 0 bridgehead atoms. The minimum atomic E-state index is 0.476. The van der Waals surface area contributed by atoms with E-state index in [1.54, 1.807) is 0 Å². The van der Waals surface area contributed by atoms with E-state index in [1.165, 1.54) is 0 Å². The third-order valence-corrected chi connectivity index (χ3v) is 3.90. The Kier molecular flexibility index (Phi) is 1.99. The van der Waals surface area contributed by atoms with Crippen LogP contribution in [-0.2, 0) is 0 Å². The maximum atomic E-state index is 9.47. The highest BCUT2D eigenvalue weighted by atomic mass is 14.3. The zero-order chi connectivity index (χ0) is 13.7. The monoisotopic (exact) mass is 252 g/mol. The van der Waals surface area contributed by atoms with Gasteiger partial charge in [-0.15, -0.1) is 0 Å². The molecule has 0 aliphatic heterocycles. The van der Waals surface area contributed by atoms with Crippen molar-refractivity contribution in [2.24, 2.45) is 0 Å².